The normalized spacial score (nSPS) is 18.5. The average molecular weight is 166 g/mol. The lowest BCUT2D eigenvalue weighted by molar-refractivity contribution is 0.232. The first kappa shape index (κ1) is 7.21. The molecule has 1 aromatic heterocycles. The molecule has 0 saturated carbocycles. The van der Waals surface area contributed by atoms with E-state index in [-0.39, 0.29) is 11.9 Å². The molecule has 4 heteroatoms. The lowest BCUT2D eigenvalue weighted by Gasteiger charge is -2.21. The Morgan fingerprint density at radius 2 is 2.17 bits per heavy atom. The highest BCUT2D eigenvalue weighted by Gasteiger charge is 2.20. The van der Waals surface area contributed by atoms with Gasteiger partial charge in [-0.25, -0.2) is 4.79 Å². The molecule has 2 heterocycles. The van der Waals surface area contributed by atoms with E-state index in [4.69, 9.17) is 4.42 Å². The third-order valence-electron chi connectivity index (χ3n) is 1.96. The van der Waals surface area contributed by atoms with Crippen LogP contribution in [-0.4, -0.2) is 19.1 Å². The minimum Gasteiger partial charge on any atom is -0.469 e. The molecular formula is C8H10N2O2. The number of nitrogens with one attached hydrogen (secondary N) is 2. The topological polar surface area (TPSA) is 54.3 Å². The summed E-state index contributed by atoms with van der Waals surface area (Å²) in [6.07, 6.45) is 1.64. The molecule has 0 unspecified atom stereocenters. The Kier molecular flexibility index (Phi) is 1.74. The highest BCUT2D eigenvalue weighted by Crippen LogP contribution is 2.15. The first-order chi connectivity index (χ1) is 5.86. The summed E-state index contributed by atoms with van der Waals surface area (Å²) in [6, 6.07) is 3.67. The van der Waals surface area contributed by atoms with E-state index in [1.54, 1.807) is 6.26 Å². The van der Waals surface area contributed by atoms with Gasteiger partial charge in [-0.15, -0.1) is 0 Å². The number of amides is 2. The molecule has 1 aliphatic heterocycles. The molecule has 2 amide bonds. The number of furan rings is 1. The number of carbonyl (C=O) groups is 1. The first-order valence-corrected chi connectivity index (χ1v) is 3.91. The average Bonchev–Trinajstić information content (AvgIpc) is 2.58. The molecule has 0 bridgehead atoms. The summed E-state index contributed by atoms with van der Waals surface area (Å²) in [4.78, 5) is 10.7. The van der Waals surface area contributed by atoms with Gasteiger partial charge in [-0.2, -0.15) is 0 Å². The predicted octanol–water partition coefficient (Wildman–Crippen LogP) is 0.676. The Balaban J connectivity index is 2.03. The van der Waals surface area contributed by atoms with Crippen molar-refractivity contribution in [1.82, 2.24) is 10.6 Å². The van der Waals surface area contributed by atoms with E-state index in [2.05, 4.69) is 10.6 Å². The maximum Gasteiger partial charge on any atom is 0.314 e. The molecule has 64 valence electrons. The van der Waals surface area contributed by atoms with Crippen LogP contribution in [-0.2, 0) is 0 Å². The van der Waals surface area contributed by atoms with E-state index >= 15 is 0 Å². The molecule has 0 spiro atoms. The third kappa shape index (κ3) is 1.28. The summed E-state index contributed by atoms with van der Waals surface area (Å²) in [5.74, 6) is 1.18. The molecule has 1 saturated heterocycles. The minimum atomic E-state index is -0.0993. The summed E-state index contributed by atoms with van der Waals surface area (Å²) >= 11 is 0. The van der Waals surface area contributed by atoms with E-state index < -0.39 is 0 Å². The van der Waals surface area contributed by atoms with Crippen LogP contribution in [0, 0.1) is 0 Å². The van der Waals surface area contributed by atoms with Gasteiger partial charge in [0.25, 0.3) is 0 Å². The molecule has 12 heavy (non-hydrogen) atoms. The van der Waals surface area contributed by atoms with E-state index in [1.165, 1.54) is 0 Å². The van der Waals surface area contributed by atoms with Crippen LogP contribution in [0.1, 0.15) is 11.7 Å². The monoisotopic (exact) mass is 166 g/mol. The maximum atomic E-state index is 10.7. The van der Waals surface area contributed by atoms with Crippen LogP contribution >= 0.6 is 0 Å². The summed E-state index contributed by atoms with van der Waals surface area (Å²) in [6.45, 7) is 1.30. The van der Waals surface area contributed by atoms with E-state index in [0.717, 1.165) is 5.76 Å². The summed E-state index contributed by atoms with van der Waals surface area (Å²) in [7, 11) is 0. The number of hydrogen-bond donors (Lipinski definition) is 2. The molecule has 4 nitrogen and oxygen atoms in total. The molecule has 0 radical (unpaired) electrons. The van der Waals surface area contributed by atoms with Crippen molar-refractivity contribution in [3.8, 4) is 0 Å². The van der Waals surface area contributed by atoms with Crippen molar-refractivity contribution >= 4 is 6.03 Å². The van der Waals surface area contributed by atoms with Gasteiger partial charge in [0.1, 0.15) is 5.76 Å². The van der Waals surface area contributed by atoms with Crippen LogP contribution in [0.3, 0.4) is 0 Å². The second kappa shape index (κ2) is 2.89. The molecule has 0 aromatic carbocycles. The van der Waals surface area contributed by atoms with Crippen molar-refractivity contribution in [3.05, 3.63) is 24.2 Å². The van der Waals surface area contributed by atoms with Gasteiger partial charge < -0.3 is 15.1 Å². The van der Waals surface area contributed by atoms with Crippen LogP contribution in [0.25, 0.3) is 0 Å². The Morgan fingerprint density at radius 3 is 2.75 bits per heavy atom. The Morgan fingerprint density at radius 1 is 1.42 bits per heavy atom. The summed E-state index contributed by atoms with van der Waals surface area (Å²) in [5, 5.41) is 5.42. The van der Waals surface area contributed by atoms with E-state index in [1.807, 2.05) is 12.1 Å². The van der Waals surface area contributed by atoms with Gasteiger partial charge in [0.15, 0.2) is 0 Å². The van der Waals surface area contributed by atoms with Crippen molar-refractivity contribution in [2.24, 2.45) is 0 Å². The molecule has 1 fully saturated rings. The zero-order valence-electron chi connectivity index (χ0n) is 6.54. The smallest absolute Gasteiger partial charge is 0.314 e. The second-order valence-electron chi connectivity index (χ2n) is 2.80. The Bertz CT molecular complexity index is 259. The fourth-order valence-corrected chi connectivity index (χ4v) is 1.29. The Labute approximate surface area is 69.9 Å². The number of urea groups is 1. The molecule has 2 rings (SSSR count). The molecule has 2 N–H and O–H groups in total. The molecule has 0 atom stereocenters. The maximum absolute atomic E-state index is 10.7. The number of hydrogen-bond acceptors (Lipinski definition) is 2. The number of carbonyl (C=O) groups excluding carboxylic acids is 1. The van der Waals surface area contributed by atoms with Crippen LogP contribution in [0.5, 0.6) is 0 Å². The zero-order chi connectivity index (χ0) is 8.39. The van der Waals surface area contributed by atoms with E-state index in [0.29, 0.717) is 13.1 Å². The first-order valence-electron chi connectivity index (χ1n) is 3.91. The van der Waals surface area contributed by atoms with Gasteiger partial charge in [0, 0.05) is 13.1 Å². The van der Waals surface area contributed by atoms with Crippen molar-refractivity contribution in [2.75, 3.05) is 13.1 Å². The van der Waals surface area contributed by atoms with Crippen molar-refractivity contribution in [1.29, 1.82) is 0 Å². The molecule has 1 aromatic rings. The summed E-state index contributed by atoms with van der Waals surface area (Å²) in [5.41, 5.74) is 0. The van der Waals surface area contributed by atoms with Gasteiger partial charge in [0.2, 0.25) is 0 Å². The predicted molar refractivity (Wildman–Crippen MR) is 42.9 cm³/mol. The standard InChI is InChI=1S/C8H10N2O2/c11-8-9-4-6(5-10-8)7-2-1-3-12-7/h1-3,6H,4-5H2,(H2,9,10,11). The zero-order valence-corrected chi connectivity index (χ0v) is 6.54. The Hall–Kier alpha value is -1.45. The van der Waals surface area contributed by atoms with Gasteiger partial charge in [-0.1, -0.05) is 0 Å². The highest BCUT2D eigenvalue weighted by molar-refractivity contribution is 5.74. The highest BCUT2D eigenvalue weighted by atomic mass is 16.3. The lowest BCUT2D eigenvalue weighted by Crippen LogP contribution is -2.46. The van der Waals surface area contributed by atoms with E-state index in [9.17, 15) is 4.79 Å². The van der Waals surface area contributed by atoms with Crippen LogP contribution in [0.15, 0.2) is 22.8 Å². The van der Waals surface area contributed by atoms with Crippen LogP contribution < -0.4 is 10.6 Å². The van der Waals surface area contributed by atoms with Crippen LogP contribution in [0.4, 0.5) is 4.79 Å². The third-order valence-corrected chi connectivity index (χ3v) is 1.96. The van der Waals surface area contributed by atoms with Crippen LogP contribution in [0.2, 0.25) is 0 Å². The largest absolute Gasteiger partial charge is 0.469 e. The second-order valence-corrected chi connectivity index (χ2v) is 2.80. The van der Waals surface area contributed by atoms with Gasteiger partial charge in [-0.05, 0) is 12.1 Å². The van der Waals surface area contributed by atoms with Gasteiger partial charge in [0.05, 0.1) is 12.2 Å². The molecular weight excluding hydrogens is 156 g/mol. The fourth-order valence-electron chi connectivity index (χ4n) is 1.29. The molecule has 0 aliphatic carbocycles. The summed E-state index contributed by atoms with van der Waals surface area (Å²) < 4.78 is 5.22. The van der Waals surface area contributed by atoms with Crippen molar-refractivity contribution in [2.45, 2.75) is 5.92 Å². The molecule has 1 aliphatic rings. The van der Waals surface area contributed by atoms with Crippen molar-refractivity contribution in [3.63, 3.8) is 0 Å². The SMILES string of the molecule is O=C1NCC(c2ccco2)CN1. The van der Waals surface area contributed by atoms with Gasteiger partial charge in [-0.3, -0.25) is 0 Å². The lowest BCUT2D eigenvalue weighted by atomic mass is 10.1. The van der Waals surface area contributed by atoms with Crippen molar-refractivity contribution < 1.29 is 9.21 Å². The number of rotatable bonds is 1. The quantitative estimate of drug-likeness (QED) is 0.644. The van der Waals surface area contributed by atoms with Gasteiger partial charge >= 0.3 is 6.03 Å². The fraction of sp³-hybridized carbons (Fsp3) is 0.375. The minimum absolute atomic E-state index is 0.0993.